The van der Waals surface area contributed by atoms with Crippen molar-refractivity contribution in [2.75, 3.05) is 23.8 Å². The zero-order valence-electron chi connectivity index (χ0n) is 15.8. The van der Waals surface area contributed by atoms with Gasteiger partial charge in [-0.2, -0.15) is 0 Å². The van der Waals surface area contributed by atoms with Crippen molar-refractivity contribution in [1.29, 1.82) is 0 Å². The molecule has 7 heteroatoms. The van der Waals surface area contributed by atoms with Crippen LogP contribution in [0.4, 0.5) is 11.4 Å². The van der Waals surface area contributed by atoms with E-state index in [-0.39, 0.29) is 25.4 Å². The number of hydrogen-bond donors (Lipinski definition) is 2. The van der Waals surface area contributed by atoms with Crippen molar-refractivity contribution in [3.05, 3.63) is 54.6 Å². The fourth-order valence-corrected chi connectivity index (χ4v) is 2.35. The summed E-state index contributed by atoms with van der Waals surface area (Å²) in [7, 11) is 0. The number of nitrogens with one attached hydrogen (secondary N) is 2. The van der Waals surface area contributed by atoms with Crippen LogP contribution >= 0.6 is 0 Å². The molecule has 28 heavy (non-hydrogen) atoms. The SMILES string of the molecule is CCOc1ccc(NC(=O)COC(=O)CCCC(=O)Nc2ccccc2)cc1. The Morgan fingerprint density at radius 3 is 2.14 bits per heavy atom. The van der Waals surface area contributed by atoms with Gasteiger partial charge in [0.25, 0.3) is 5.91 Å². The molecule has 7 nitrogen and oxygen atoms in total. The third kappa shape index (κ3) is 7.90. The van der Waals surface area contributed by atoms with Crippen LogP contribution in [-0.2, 0) is 19.1 Å². The van der Waals surface area contributed by atoms with E-state index in [1.165, 1.54) is 0 Å². The Labute approximate surface area is 164 Å². The van der Waals surface area contributed by atoms with Crippen LogP contribution in [0.25, 0.3) is 0 Å². The standard InChI is InChI=1S/C21H24N2O5/c1-2-27-18-13-11-17(12-14-18)23-20(25)15-28-21(26)10-6-9-19(24)22-16-7-4-3-5-8-16/h3-5,7-8,11-14H,2,6,9-10,15H2,1H3,(H,22,24)(H,23,25). The average Bonchev–Trinajstić information content (AvgIpc) is 2.69. The quantitative estimate of drug-likeness (QED) is 0.613. The van der Waals surface area contributed by atoms with Gasteiger partial charge < -0.3 is 20.1 Å². The molecule has 2 amide bonds. The molecule has 0 fully saturated rings. The van der Waals surface area contributed by atoms with Crippen molar-refractivity contribution in [1.82, 2.24) is 0 Å². The van der Waals surface area contributed by atoms with Crippen molar-refractivity contribution in [2.24, 2.45) is 0 Å². The molecule has 0 aromatic heterocycles. The number of carbonyl (C=O) groups excluding carboxylic acids is 3. The molecule has 2 N–H and O–H groups in total. The van der Waals surface area contributed by atoms with E-state index in [0.29, 0.717) is 30.2 Å². The molecule has 0 saturated carbocycles. The van der Waals surface area contributed by atoms with Crippen molar-refractivity contribution >= 4 is 29.2 Å². The van der Waals surface area contributed by atoms with Crippen molar-refractivity contribution in [3.63, 3.8) is 0 Å². The molecular weight excluding hydrogens is 360 g/mol. The summed E-state index contributed by atoms with van der Waals surface area (Å²) in [6.45, 7) is 2.08. The summed E-state index contributed by atoms with van der Waals surface area (Å²) in [5.41, 5.74) is 1.29. The molecule has 0 aliphatic carbocycles. The lowest BCUT2D eigenvalue weighted by atomic mass is 10.2. The molecular formula is C21H24N2O5. The molecule has 0 atom stereocenters. The number of esters is 1. The second-order valence-electron chi connectivity index (χ2n) is 5.93. The third-order valence-corrected chi connectivity index (χ3v) is 3.66. The summed E-state index contributed by atoms with van der Waals surface area (Å²) < 4.78 is 10.3. The highest BCUT2D eigenvalue weighted by Crippen LogP contribution is 2.15. The van der Waals surface area contributed by atoms with Gasteiger partial charge in [0.15, 0.2) is 6.61 Å². The molecule has 0 aliphatic heterocycles. The lowest BCUT2D eigenvalue weighted by Gasteiger charge is -2.08. The summed E-state index contributed by atoms with van der Waals surface area (Å²) in [5, 5.41) is 5.37. The molecule has 0 unspecified atom stereocenters. The normalized spacial score (nSPS) is 10.0. The van der Waals surface area contributed by atoms with Gasteiger partial charge in [0, 0.05) is 24.2 Å². The summed E-state index contributed by atoms with van der Waals surface area (Å²) in [6, 6.07) is 16.0. The number of ether oxygens (including phenoxy) is 2. The number of carbonyl (C=O) groups is 3. The van der Waals surface area contributed by atoms with Gasteiger partial charge in [-0.3, -0.25) is 14.4 Å². The van der Waals surface area contributed by atoms with Gasteiger partial charge in [0.05, 0.1) is 6.61 Å². The largest absolute Gasteiger partial charge is 0.494 e. The summed E-state index contributed by atoms with van der Waals surface area (Å²) in [4.78, 5) is 35.3. The van der Waals surface area contributed by atoms with Crippen LogP contribution in [-0.4, -0.2) is 31.0 Å². The van der Waals surface area contributed by atoms with E-state index in [4.69, 9.17) is 9.47 Å². The average molecular weight is 384 g/mol. The lowest BCUT2D eigenvalue weighted by Crippen LogP contribution is -2.21. The minimum Gasteiger partial charge on any atom is -0.494 e. The van der Waals surface area contributed by atoms with Crippen molar-refractivity contribution in [3.8, 4) is 5.75 Å². The van der Waals surface area contributed by atoms with E-state index in [0.717, 1.165) is 0 Å². The fourth-order valence-electron chi connectivity index (χ4n) is 2.35. The highest BCUT2D eigenvalue weighted by atomic mass is 16.5. The van der Waals surface area contributed by atoms with Crippen molar-refractivity contribution < 1.29 is 23.9 Å². The highest BCUT2D eigenvalue weighted by Gasteiger charge is 2.10. The second-order valence-corrected chi connectivity index (χ2v) is 5.93. The molecule has 2 rings (SSSR count). The fraction of sp³-hybridized carbons (Fsp3) is 0.286. The summed E-state index contributed by atoms with van der Waals surface area (Å²) >= 11 is 0. The van der Waals surface area contributed by atoms with Crippen LogP contribution in [0.15, 0.2) is 54.6 Å². The zero-order valence-corrected chi connectivity index (χ0v) is 15.8. The highest BCUT2D eigenvalue weighted by molar-refractivity contribution is 5.93. The molecule has 148 valence electrons. The molecule has 2 aromatic rings. The molecule has 0 heterocycles. The monoisotopic (exact) mass is 384 g/mol. The third-order valence-electron chi connectivity index (χ3n) is 3.66. The Balaban J connectivity index is 1.61. The maximum absolute atomic E-state index is 11.8. The maximum atomic E-state index is 11.8. The van der Waals surface area contributed by atoms with Gasteiger partial charge in [-0.15, -0.1) is 0 Å². The van der Waals surface area contributed by atoms with E-state index in [1.807, 2.05) is 25.1 Å². The number of rotatable bonds is 10. The predicted molar refractivity (Wildman–Crippen MR) is 106 cm³/mol. The predicted octanol–water partition coefficient (Wildman–Crippen LogP) is 3.38. The van der Waals surface area contributed by atoms with Crippen LogP contribution in [0.5, 0.6) is 5.75 Å². The van der Waals surface area contributed by atoms with Crippen LogP contribution in [0.3, 0.4) is 0 Å². The Hall–Kier alpha value is -3.35. The molecule has 0 radical (unpaired) electrons. The number of amides is 2. The molecule has 0 saturated heterocycles. The topological polar surface area (TPSA) is 93.7 Å². The number of anilines is 2. The van der Waals surface area contributed by atoms with Crippen LogP contribution in [0.2, 0.25) is 0 Å². The van der Waals surface area contributed by atoms with E-state index < -0.39 is 11.9 Å². The smallest absolute Gasteiger partial charge is 0.306 e. The van der Waals surface area contributed by atoms with Crippen LogP contribution < -0.4 is 15.4 Å². The van der Waals surface area contributed by atoms with Crippen LogP contribution in [0, 0.1) is 0 Å². The van der Waals surface area contributed by atoms with E-state index in [2.05, 4.69) is 10.6 Å². The van der Waals surface area contributed by atoms with Gasteiger partial charge in [0.1, 0.15) is 5.75 Å². The summed E-state index contributed by atoms with van der Waals surface area (Å²) in [6.07, 6.45) is 0.610. The Morgan fingerprint density at radius 2 is 1.46 bits per heavy atom. The Bertz CT molecular complexity index is 775. The Morgan fingerprint density at radius 1 is 0.821 bits per heavy atom. The Kier molecular flexibility index (Phi) is 8.52. The second kappa shape index (κ2) is 11.4. The molecule has 0 aliphatic rings. The van der Waals surface area contributed by atoms with Gasteiger partial charge in [-0.1, -0.05) is 18.2 Å². The molecule has 0 bridgehead atoms. The minimum absolute atomic E-state index is 0.0680. The van der Waals surface area contributed by atoms with Crippen LogP contribution in [0.1, 0.15) is 26.2 Å². The van der Waals surface area contributed by atoms with E-state index in [1.54, 1.807) is 36.4 Å². The first kappa shape index (κ1) is 21.0. The van der Waals surface area contributed by atoms with Gasteiger partial charge in [-0.05, 0) is 49.7 Å². The number of hydrogen-bond acceptors (Lipinski definition) is 5. The minimum atomic E-state index is -0.519. The zero-order chi connectivity index (χ0) is 20.2. The molecule has 2 aromatic carbocycles. The summed E-state index contributed by atoms with van der Waals surface area (Å²) in [5.74, 6) is -0.413. The first-order chi connectivity index (χ1) is 13.6. The first-order valence-corrected chi connectivity index (χ1v) is 9.10. The molecule has 0 spiro atoms. The van der Waals surface area contributed by atoms with E-state index >= 15 is 0 Å². The lowest BCUT2D eigenvalue weighted by molar-refractivity contribution is -0.147. The number of benzene rings is 2. The van der Waals surface area contributed by atoms with Gasteiger partial charge >= 0.3 is 5.97 Å². The maximum Gasteiger partial charge on any atom is 0.306 e. The van der Waals surface area contributed by atoms with Gasteiger partial charge in [0.2, 0.25) is 5.91 Å². The van der Waals surface area contributed by atoms with Crippen molar-refractivity contribution in [2.45, 2.75) is 26.2 Å². The van der Waals surface area contributed by atoms with Gasteiger partial charge in [-0.25, -0.2) is 0 Å². The first-order valence-electron chi connectivity index (χ1n) is 9.10. The number of para-hydroxylation sites is 1. The van der Waals surface area contributed by atoms with E-state index in [9.17, 15) is 14.4 Å².